The number of aryl methyl sites for hydroxylation is 1. The lowest BCUT2D eigenvalue weighted by Crippen LogP contribution is -2.36. The number of rotatable bonds is 4. The number of amides is 2. The van der Waals surface area contributed by atoms with Gasteiger partial charge in [0.25, 0.3) is 11.8 Å². The van der Waals surface area contributed by atoms with E-state index in [0.717, 1.165) is 37.9 Å². The van der Waals surface area contributed by atoms with Gasteiger partial charge in [-0.15, -0.1) is 0 Å². The van der Waals surface area contributed by atoms with E-state index >= 15 is 0 Å². The molecule has 1 aromatic carbocycles. The summed E-state index contributed by atoms with van der Waals surface area (Å²) in [6.07, 6.45) is 4.90. The number of nitrogens with one attached hydrogen (secondary N) is 1. The van der Waals surface area contributed by atoms with Crippen LogP contribution < -0.4 is 10.1 Å². The van der Waals surface area contributed by atoms with Gasteiger partial charge in [0.05, 0.1) is 18.3 Å². The molecule has 1 aliphatic rings. The van der Waals surface area contributed by atoms with E-state index in [1.165, 1.54) is 0 Å². The lowest BCUT2D eigenvalue weighted by atomic mass is 10.1. The van der Waals surface area contributed by atoms with Gasteiger partial charge in [0, 0.05) is 19.3 Å². The topological polar surface area (TPSA) is 75.9 Å². The van der Waals surface area contributed by atoms with Crippen molar-refractivity contribution in [3.05, 3.63) is 59.7 Å². The molecule has 1 saturated heterocycles. The average molecular weight is 392 g/mol. The van der Waals surface area contributed by atoms with Gasteiger partial charge in [0.15, 0.2) is 5.69 Å². The molecule has 0 radical (unpaired) electrons. The van der Waals surface area contributed by atoms with Crippen molar-refractivity contribution in [1.82, 2.24) is 14.3 Å². The molecule has 2 aromatic heterocycles. The highest BCUT2D eigenvalue weighted by Gasteiger charge is 2.26. The Morgan fingerprint density at radius 1 is 1.10 bits per heavy atom. The zero-order valence-electron chi connectivity index (χ0n) is 16.6. The van der Waals surface area contributed by atoms with Crippen LogP contribution in [0.1, 0.15) is 45.9 Å². The number of aromatic nitrogens is 2. The first-order valence-corrected chi connectivity index (χ1v) is 9.81. The van der Waals surface area contributed by atoms with E-state index < -0.39 is 0 Å². The predicted molar refractivity (Wildman–Crippen MR) is 111 cm³/mol. The summed E-state index contributed by atoms with van der Waals surface area (Å²) in [5, 5.41) is 2.88. The van der Waals surface area contributed by atoms with Crippen LogP contribution in [0.3, 0.4) is 0 Å². The van der Waals surface area contributed by atoms with Crippen LogP contribution in [0.5, 0.6) is 5.75 Å². The molecule has 0 saturated carbocycles. The highest BCUT2D eigenvalue weighted by Crippen LogP contribution is 2.26. The van der Waals surface area contributed by atoms with Crippen LogP contribution in [0, 0.1) is 6.92 Å². The molecule has 1 fully saturated rings. The predicted octanol–water partition coefficient (Wildman–Crippen LogP) is 3.53. The second kappa shape index (κ2) is 7.95. The number of nitrogens with zero attached hydrogens (tertiary/aromatic N) is 3. The molecule has 4 rings (SSSR count). The summed E-state index contributed by atoms with van der Waals surface area (Å²) in [5.74, 6) is 0.314. The summed E-state index contributed by atoms with van der Waals surface area (Å²) in [6.45, 7) is 3.39. The molecular weight excluding hydrogens is 368 g/mol. The van der Waals surface area contributed by atoms with Gasteiger partial charge in [-0.1, -0.05) is 12.1 Å². The van der Waals surface area contributed by atoms with Crippen molar-refractivity contribution in [1.29, 1.82) is 0 Å². The Labute approximate surface area is 169 Å². The summed E-state index contributed by atoms with van der Waals surface area (Å²) in [5.41, 5.74) is 2.38. The maximum absolute atomic E-state index is 13.1. The van der Waals surface area contributed by atoms with Gasteiger partial charge in [-0.3, -0.25) is 14.0 Å². The molecule has 7 heteroatoms. The van der Waals surface area contributed by atoms with Crippen LogP contribution in [0.25, 0.3) is 5.52 Å². The molecule has 1 N–H and O–H groups in total. The minimum Gasteiger partial charge on any atom is -0.495 e. The van der Waals surface area contributed by atoms with Gasteiger partial charge < -0.3 is 15.0 Å². The zero-order chi connectivity index (χ0) is 20.4. The first-order valence-electron chi connectivity index (χ1n) is 9.81. The third kappa shape index (κ3) is 3.68. The van der Waals surface area contributed by atoms with E-state index in [4.69, 9.17) is 4.74 Å². The van der Waals surface area contributed by atoms with Gasteiger partial charge in [-0.25, -0.2) is 4.98 Å². The Kier molecular flexibility index (Phi) is 5.20. The quantitative estimate of drug-likeness (QED) is 0.737. The Morgan fingerprint density at radius 3 is 2.66 bits per heavy atom. The van der Waals surface area contributed by atoms with E-state index in [1.54, 1.807) is 23.8 Å². The lowest BCUT2D eigenvalue weighted by Gasteiger charge is -2.25. The third-order valence-electron chi connectivity index (χ3n) is 5.20. The second-order valence-electron chi connectivity index (χ2n) is 7.25. The molecule has 2 amide bonds. The minimum absolute atomic E-state index is 0.141. The Morgan fingerprint density at radius 2 is 1.90 bits per heavy atom. The first-order chi connectivity index (χ1) is 14.1. The Balaban J connectivity index is 1.70. The van der Waals surface area contributed by atoms with Gasteiger partial charge in [0.2, 0.25) is 5.82 Å². The van der Waals surface area contributed by atoms with Gasteiger partial charge >= 0.3 is 0 Å². The number of hydrogen-bond donors (Lipinski definition) is 1. The standard InChI is InChI=1S/C22H24N4O3/c1-15-9-10-18(29-2)16(14-15)23-21(27)19-17-8-4-7-13-26(17)20(24-19)22(28)25-11-5-3-6-12-25/h4,7-10,13-14H,3,5-6,11-12H2,1-2H3,(H,23,27). The number of likely N-dealkylation sites (tertiary alicyclic amines) is 1. The van der Waals surface area contributed by atoms with E-state index in [2.05, 4.69) is 10.3 Å². The van der Waals surface area contributed by atoms with Crippen molar-refractivity contribution in [3.63, 3.8) is 0 Å². The second-order valence-corrected chi connectivity index (χ2v) is 7.25. The van der Waals surface area contributed by atoms with E-state index in [-0.39, 0.29) is 23.3 Å². The summed E-state index contributed by atoms with van der Waals surface area (Å²) in [6, 6.07) is 11.0. The number of imidazole rings is 1. The number of hydrogen-bond acceptors (Lipinski definition) is 4. The zero-order valence-corrected chi connectivity index (χ0v) is 16.6. The van der Waals surface area contributed by atoms with Crippen molar-refractivity contribution in [2.75, 3.05) is 25.5 Å². The normalized spacial score (nSPS) is 14.1. The van der Waals surface area contributed by atoms with Crippen molar-refractivity contribution < 1.29 is 14.3 Å². The van der Waals surface area contributed by atoms with E-state index in [0.29, 0.717) is 17.0 Å². The molecule has 0 unspecified atom stereocenters. The van der Waals surface area contributed by atoms with E-state index in [9.17, 15) is 9.59 Å². The highest BCUT2D eigenvalue weighted by molar-refractivity contribution is 6.09. The molecule has 29 heavy (non-hydrogen) atoms. The average Bonchev–Trinajstić information content (AvgIpc) is 3.14. The smallest absolute Gasteiger partial charge is 0.290 e. The van der Waals surface area contributed by atoms with Gasteiger partial charge in [0.1, 0.15) is 5.75 Å². The maximum Gasteiger partial charge on any atom is 0.290 e. The van der Waals surface area contributed by atoms with Crippen molar-refractivity contribution in [2.24, 2.45) is 0 Å². The highest BCUT2D eigenvalue weighted by atomic mass is 16.5. The molecule has 150 valence electrons. The Hall–Kier alpha value is -3.35. The number of ether oxygens (including phenoxy) is 1. The van der Waals surface area contributed by atoms with Gasteiger partial charge in [-0.05, 0) is 56.0 Å². The first kappa shape index (κ1) is 19.0. The number of piperidine rings is 1. The summed E-state index contributed by atoms with van der Waals surface area (Å²) in [4.78, 5) is 32.4. The van der Waals surface area contributed by atoms with Crippen molar-refractivity contribution in [3.8, 4) is 5.75 Å². The van der Waals surface area contributed by atoms with Crippen LogP contribution in [0.2, 0.25) is 0 Å². The van der Waals surface area contributed by atoms with Crippen LogP contribution >= 0.6 is 0 Å². The number of methoxy groups -OCH3 is 1. The fourth-order valence-corrected chi connectivity index (χ4v) is 3.70. The largest absolute Gasteiger partial charge is 0.495 e. The van der Waals surface area contributed by atoms with Crippen molar-refractivity contribution >= 4 is 23.0 Å². The van der Waals surface area contributed by atoms with E-state index in [1.807, 2.05) is 42.2 Å². The molecule has 0 spiro atoms. The number of fused-ring (bicyclic) bond motifs is 1. The lowest BCUT2D eigenvalue weighted by molar-refractivity contribution is 0.0711. The molecule has 1 aliphatic heterocycles. The monoisotopic (exact) mass is 392 g/mol. The van der Waals surface area contributed by atoms with Crippen LogP contribution in [0.4, 0.5) is 5.69 Å². The molecule has 0 aliphatic carbocycles. The molecule has 0 atom stereocenters. The number of pyridine rings is 1. The fraction of sp³-hybridized carbons (Fsp3) is 0.318. The molecular formula is C22H24N4O3. The molecule has 3 aromatic rings. The maximum atomic E-state index is 13.1. The SMILES string of the molecule is COc1ccc(C)cc1NC(=O)c1nc(C(=O)N2CCCCC2)n2ccccc12. The van der Waals surface area contributed by atoms with Crippen LogP contribution in [-0.2, 0) is 0 Å². The Bertz CT molecular complexity index is 1070. The summed E-state index contributed by atoms with van der Waals surface area (Å²) in [7, 11) is 1.56. The van der Waals surface area contributed by atoms with Gasteiger partial charge in [-0.2, -0.15) is 0 Å². The molecule has 3 heterocycles. The van der Waals surface area contributed by atoms with Crippen LogP contribution in [-0.4, -0.2) is 46.3 Å². The fourth-order valence-electron chi connectivity index (χ4n) is 3.70. The third-order valence-corrected chi connectivity index (χ3v) is 5.20. The van der Waals surface area contributed by atoms with Crippen molar-refractivity contribution in [2.45, 2.75) is 26.2 Å². The molecule has 7 nitrogen and oxygen atoms in total. The summed E-state index contributed by atoms with van der Waals surface area (Å²) >= 11 is 0. The number of benzene rings is 1. The minimum atomic E-state index is -0.379. The summed E-state index contributed by atoms with van der Waals surface area (Å²) < 4.78 is 7.04. The van der Waals surface area contributed by atoms with Crippen LogP contribution in [0.15, 0.2) is 42.6 Å². The number of carbonyl (C=O) groups is 2. The number of anilines is 1. The number of carbonyl (C=O) groups excluding carboxylic acids is 2. The molecule has 0 bridgehead atoms.